The SMILES string of the molecule is CC(=O)c1cccc(NC(=O)c2ccc3c(c2)CC(COCc2ccc(F)cc2)O3)c1O. The molecule has 3 aromatic carbocycles. The number of phenols is 1. The zero-order chi connectivity index (χ0) is 22.7. The fourth-order valence-corrected chi connectivity index (χ4v) is 3.57. The van der Waals surface area contributed by atoms with Gasteiger partial charge in [-0.15, -0.1) is 0 Å². The second-order valence-electron chi connectivity index (χ2n) is 7.62. The molecule has 0 radical (unpaired) electrons. The number of benzene rings is 3. The van der Waals surface area contributed by atoms with Gasteiger partial charge in [0.15, 0.2) is 5.78 Å². The third-order valence-electron chi connectivity index (χ3n) is 5.21. The van der Waals surface area contributed by atoms with Crippen molar-refractivity contribution in [1.82, 2.24) is 0 Å². The van der Waals surface area contributed by atoms with Crippen LogP contribution in [0.15, 0.2) is 60.7 Å². The third-order valence-corrected chi connectivity index (χ3v) is 5.21. The number of ketones is 1. The van der Waals surface area contributed by atoms with Gasteiger partial charge in [-0.05, 0) is 60.5 Å². The van der Waals surface area contributed by atoms with Gasteiger partial charge >= 0.3 is 0 Å². The van der Waals surface area contributed by atoms with Crippen LogP contribution in [0.5, 0.6) is 11.5 Å². The lowest BCUT2D eigenvalue weighted by atomic mass is 10.1. The first-order valence-corrected chi connectivity index (χ1v) is 10.2. The monoisotopic (exact) mass is 435 g/mol. The molecule has 0 fully saturated rings. The molecule has 7 heteroatoms. The van der Waals surface area contributed by atoms with Gasteiger partial charge in [0.05, 0.1) is 24.5 Å². The van der Waals surface area contributed by atoms with Crippen LogP contribution in [-0.2, 0) is 17.8 Å². The average molecular weight is 435 g/mol. The summed E-state index contributed by atoms with van der Waals surface area (Å²) in [6.07, 6.45) is 0.408. The molecule has 6 nitrogen and oxygen atoms in total. The van der Waals surface area contributed by atoms with E-state index in [1.54, 1.807) is 36.4 Å². The Hall–Kier alpha value is -3.71. The Balaban J connectivity index is 1.36. The number of phenolic OH excluding ortho intramolecular Hbond substituents is 1. The van der Waals surface area contributed by atoms with Crippen LogP contribution in [0.25, 0.3) is 0 Å². The van der Waals surface area contributed by atoms with Gasteiger partial charge in [0.1, 0.15) is 23.4 Å². The Kier molecular flexibility index (Phi) is 6.18. The minimum atomic E-state index is -0.403. The third kappa shape index (κ3) is 4.78. The number of rotatable bonds is 7. The molecular formula is C25H22FNO5. The highest BCUT2D eigenvalue weighted by atomic mass is 19.1. The largest absolute Gasteiger partial charge is 0.505 e. The summed E-state index contributed by atoms with van der Waals surface area (Å²) in [4.78, 5) is 24.3. The van der Waals surface area contributed by atoms with Crippen molar-refractivity contribution < 1.29 is 28.6 Å². The van der Waals surface area contributed by atoms with E-state index in [4.69, 9.17) is 9.47 Å². The lowest BCUT2D eigenvalue weighted by Gasteiger charge is -2.11. The van der Waals surface area contributed by atoms with Crippen LogP contribution in [0.4, 0.5) is 10.1 Å². The normalized spacial score (nSPS) is 14.5. The van der Waals surface area contributed by atoms with Gasteiger partial charge in [-0.2, -0.15) is 0 Å². The van der Waals surface area contributed by atoms with Crippen LogP contribution in [0, 0.1) is 5.82 Å². The molecule has 0 aliphatic carbocycles. The Morgan fingerprint density at radius 3 is 2.69 bits per heavy atom. The maximum Gasteiger partial charge on any atom is 0.255 e. The highest BCUT2D eigenvalue weighted by Gasteiger charge is 2.24. The molecule has 1 unspecified atom stereocenters. The molecule has 1 amide bonds. The van der Waals surface area contributed by atoms with Gasteiger partial charge in [-0.25, -0.2) is 4.39 Å². The van der Waals surface area contributed by atoms with E-state index in [1.807, 2.05) is 0 Å². The molecule has 32 heavy (non-hydrogen) atoms. The van der Waals surface area contributed by atoms with E-state index in [-0.39, 0.29) is 34.7 Å². The number of hydrogen-bond acceptors (Lipinski definition) is 5. The second kappa shape index (κ2) is 9.20. The number of amides is 1. The Morgan fingerprint density at radius 1 is 1.16 bits per heavy atom. The van der Waals surface area contributed by atoms with E-state index in [2.05, 4.69) is 5.32 Å². The highest BCUT2D eigenvalue weighted by Crippen LogP contribution is 2.31. The molecule has 1 aliphatic heterocycles. The summed E-state index contributed by atoms with van der Waals surface area (Å²) in [6, 6.07) is 15.9. The minimum Gasteiger partial charge on any atom is -0.505 e. The molecule has 2 N–H and O–H groups in total. The first-order valence-electron chi connectivity index (χ1n) is 10.2. The number of Topliss-reactive ketones (excluding diaryl/α,β-unsaturated/α-hetero) is 1. The number of halogens is 1. The van der Waals surface area contributed by atoms with Crippen LogP contribution in [0.2, 0.25) is 0 Å². The van der Waals surface area contributed by atoms with Crippen LogP contribution in [0.1, 0.15) is 38.8 Å². The fraction of sp³-hybridized carbons (Fsp3) is 0.200. The Morgan fingerprint density at radius 2 is 1.94 bits per heavy atom. The van der Waals surface area contributed by atoms with E-state index in [0.717, 1.165) is 11.1 Å². The molecule has 1 atom stereocenters. The van der Waals surface area contributed by atoms with Crippen LogP contribution in [-0.4, -0.2) is 29.5 Å². The van der Waals surface area contributed by atoms with Crippen molar-refractivity contribution in [3.63, 3.8) is 0 Å². The molecule has 1 heterocycles. The number of hydrogen-bond donors (Lipinski definition) is 2. The topological polar surface area (TPSA) is 84.9 Å². The van der Waals surface area contributed by atoms with Gasteiger partial charge in [0.2, 0.25) is 0 Å². The van der Waals surface area contributed by atoms with E-state index in [1.165, 1.54) is 31.2 Å². The van der Waals surface area contributed by atoms with Crippen molar-refractivity contribution in [2.45, 2.75) is 26.1 Å². The van der Waals surface area contributed by atoms with Gasteiger partial charge in [0, 0.05) is 12.0 Å². The summed E-state index contributed by atoms with van der Waals surface area (Å²) < 4.78 is 24.5. The maximum absolute atomic E-state index is 13.0. The molecule has 0 saturated heterocycles. The van der Waals surface area contributed by atoms with Crippen LogP contribution in [0.3, 0.4) is 0 Å². The highest BCUT2D eigenvalue weighted by molar-refractivity contribution is 6.07. The fourth-order valence-electron chi connectivity index (χ4n) is 3.57. The molecular weight excluding hydrogens is 413 g/mol. The molecule has 4 rings (SSSR count). The Bertz CT molecular complexity index is 1160. The zero-order valence-corrected chi connectivity index (χ0v) is 17.4. The molecule has 0 bridgehead atoms. The lowest BCUT2D eigenvalue weighted by molar-refractivity contribution is 0.0510. The van der Waals surface area contributed by atoms with Crippen molar-refractivity contribution in [3.8, 4) is 11.5 Å². The van der Waals surface area contributed by atoms with Crippen molar-refractivity contribution in [1.29, 1.82) is 0 Å². The quantitative estimate of drug-likeness (QED) is 0.422. The Labute approximate surface area is 184 Å². The molecule has 164 valence electrons. The summed E-state index contributed by atoms with van der Waals surface area (Å²) in [5.74, 6) is -0.541. The van der Waals surface area contributed by atoms with Crippen molar-refractivity contribution in [2.75, 3.05) is 11.9 Å². The maximum atomic E-state index is 13.0. The average Bonchev–Trinajstić information content (AvgIpc) is 3.18. The summed E-state index contributed by atoms with van der Waals surface area (Å²) in [5, 5.41) is 12.9. The van der Waals surface area contributed by atoms with E-state index >= 15 is 0 Å². The lowest BCUT2D eigenvalue weighted by Crippen LogP contribution is -2.20. The number of nitrogens with one attached hydrogen (secondary N) is 1. The summed E-state index contributed by atoms with van der Waals surface area (Å²) in [6.45, 7) is 2.06. The number of aromatic hydroxyl groups is 1. The second-order valence-corrected chi connectivity index (χ2v) is 7.62. The van der Waals surface area contributed by atoms with E-state index in [9.17, 15) is 19.1 Å². The number of anilines is 1. The molecule has 3 aromatic rings. The van der Waals surface area contributed by atoms with Gasteiger partial charge in [-0.3, -0.25) is 9.59 Å². The summed E-state index contributed by atoms with van der Waals surface area (Å²) in [5.41, 5.74) is 2.49. The number of carbonyl (C=O) groups excluding carboxylic acids is 2. The smallest absolute Gasteiger partial charge is 0.255 e. The first kappa shape index (κ1) is 21.5. The van der Waals surface area contributed by atoms with E-state index in [0.29, 0.717) is 30.9 Å². The predicted octanol–water partition coefficient (Wildman–Crippen LogP) is 4.51. The van der Waals surface area contributed by atoms with Crippen LogP contribution >= 0.6 is 0 Å². The summed E-state index contributed by atoms with van der Waals surface area (Å²) in [7, 11) is 0. The van der Waals surface area contributed by atoms with Crippen molar-refractivity contribution in [2.24, 2.45) is 0 Å². The van der Waals surface area contributed by atoms with Crippen molar-refractivity contribution >= 4 is 17.4 Å². The molecule has 0 aromatic heterocycles. The number of ether oxygens (including phenoxy) is 2. The number of para-hydroxylation sites is 1. The minimum absolute atomic E-state index is 0.147. The van der Waals surface area contributed by atoms with Gasteiger partial charge in [-0.1, -0.05) is 18.2 Å². The van der Waals surface area contributed by atoms with Crippen LogP contribution < -0.4 is 10.1 Å². The van der Waals surface area contributed by atoms with Gasteiger partial charge in [0.25, 0.3) is 5.91 Å². The summed E-state index contributed by atoms with van der Waals surface area (Å²) >= 11 is 0. The molecule has 1 aliphatic rings. The number of carbonyl (C=O) groups is 2. The predicted molar refractivity (Wildman–Crippen MR) is 117 cm³/mol. The van der Waals surface area contributed by atoms with E-state index < -0.39 is 5.91 Å². The molecule has 0 saturated carbocycles. The van der Waals surface area contributed by atoms with Gasteiger partial charge < -0.3 is 19.9 Å². The number of fused-ring (bicyclic) bond motifs is 1. The van der Waals surface area contributed by atoms with Crippen molar-refractivity contribution in [3.05, 3.63) is 88.7 Å². The first-order chi connectivity index (χ1) is 15.4. The zero-order valence-electron chi connectivity index (χ0n) is 17.4. The molecule has 0 spiro atoms. The standard InChI is InChI=1S/C25H22FNO5/c1-15(28)21-3-2-4-22(24(21)29)27-25(30)17-7-10-23-18(11-17)12-20(32-23)14-31-13-16-5-8-19(26)9-6-16/h2-11,20,29H,12-14H2,1H3,(H,27,30).